The fraction of sp³-hybridized carbons (Fsp3) is 0.462. The zero-order valence-electron chi connectivity index (χ0n) is 11.4. The van der Waals surface area contributed by atoms with Gasteiger partial charge in [-0.15, -0.1) is 0 Å². The van der Waals surface area contributed by atoms with Gasteiger partial charge in [0.25, 0.3) is 0 Å². The maximum atomic E-state index is 13.6. The molecule has 1 aromatic rings. The first-order valence-corrected chi connectivity index (χ1v) is 6.44. The van der Waals surface area contributed by atoms with Gasteiger partial charge in [-0.3, -0.25) is 10.1 Å². The molecule has 0 saturated heterocycles. The fourth-order valence-corrected chi connectivity index (χ4v) is 1.96. The third-order valence-corrected chi connectivity index (χ3v) is 3.35. The molecule has 0 radical (unpaired) electrons. The van der Waals surface area contributed by atoms with Crippen molar-refractivity contribution < 1.29 is 24.0 Å². The molecule has 0 aromatic heterocycles. The largest absolute Gasteiger partial charge is 0.485 e. The summed E-state index contributed by atoms with van der Waals surface area (Å²) in [7, 11) is 1.92. The van der Waals surface area contributed by atoms with Crippen molar-refractivity contribution in [1.82, 2.24) is 4.90 Å². The molecule has 1 aliphatic rings. The average molecular weight is 298 g/mol. The van der Waals surface area contributed by atoms with Gasteiger partial charge in [0.2, 0.25) is 0 Å². The van der Waals surface area contributed by atoms with Gasteiger partial charge in [0.15, 0.2) is 5.75 Å². The molecule has 0 spiro atoms. The molecule has 1 aromatic carbocycles. The van der Waals surface area contributed by atoms with Gasteiger partial charge < -0.3 is 14.7 Å². The predicted molar refractivity (Wildman–Crippen MR) is 71.2 cm³/mol. The number of halogens is 1. The van der Waals surface area contributed by atoms with Crippen LogP contribution in [0, 0.1) is 15.9 Å². The number of hydrogen-bond donors (Lipinski definition) is 1. The van der Waals surface area contributed by atoms with Gasteiger partial charge in [-0.1, -0.05) is 0 Å². The Kier molecular flexibility index (Phi) is 4.37. The summed E-state index contributed by atoms with van der Waals surface area (Å²) in [5, 5.41) is 19.7. The molecule has 1 saturated carbocycles. The second-order valence-corrected chi connectivity index (χ2v) is 4.92. The highest BCUT2D eigenvalue weighted by molar-refractivity contribution is 5.89. The summed E-state index contributed by atoms with van der Waals surface area (Å²) in [4.78, 5) is 23.0. The van der Waals surface area contributed by atoms with E-state index in [1.54, 1.807) is 0 Å². The topological polar surface area (TPSA) is 92.9 Å². The number of nitrogens with zero attached hydrogens (tertiary/aromatic N) is 2. The van der Waals surface area contributed by atoms with E-state index in [0.29, 0.717) is 18.7 Å². The number of ether oxygens (including phenoxy) is 1. The lowest BCUT2D eigenvalue weighted by Gasteiger charge is -2.16. The molecule has 0 amide bonds. The quantitative estimate of drug-likeness (QED) is 0.610. The summed E-state index contributed by atoms with van der Waals surface area (Å²) in [6.07, 6.45) is 2.25. The van der Waals surface area contributed by atoms with Crippen molar-refractivity contribution >= 4 is 11.7 Å². The van der Waals surface area contributed by atoms with Crippen LogP contribution in [-0.2, 0) is 0 Å². The van der Waals surface area contributed by atoms with Crippen molar-refractivity contribution in [2.24, 2.45) is 0 Å². The van der Waals surface area contributed by atoms with E-state index >= 15 is 0 Å². The van der Waals surface area contributed by atoms with Gasteiger partial charge in [0, 0.05) is 24.7 Å². The van der Waals surface area contributed by atoms with E-state index in [4.69, 9.17) is 9.84 Å². The maximum absolute atomic E-state index is 13.6. The molecule has 21 heavy (non-hydrogen) atoms. The molecule has 0 aliphatic heterocycles. The highest BCUT2D eigenvalue weighted by atomic mass is 19.1. The van der Waals surface area contributed by atoms with E-state index < -0.39 is 28.0 Å². The predicted octanol–water partition coefficient (Wildman–Crippen LogP) is 1.91. The highest BCUT2D eigenvalue weighted by Gasteiger charge is 2.26. The molecule has 0 unspecified atom stereocenters. The van der Waals surface area contributed by atoms with Gasteiger partial charge in [0.1, 0.15) is 18.0 Å². The summed E-state index contributed by atoms with van der Waals surface area (Å²) < 4.78 is 18.8. The molecule has 0 heterocycles. The van der Waals surface area contributed by atoms with Crippen molar-refractivity contribution in [2.75, 3.05) is 20.2 Å². The zero-order chi connectivity index (χ0) is 15.6. The molecule has 0 atom stereocenters. The lowest BCUT2D eigenvalue weighted by atomic mass is 10.1. The molecule has 1 aliphatic carbocycles. The SMILES string of the molecule is CN(CCOc1cc(F)c(C(=O)O)cc1[N+](=O)[O-])C1CC1. The van der Waals surface area contributed by atoms with E-state index in [-0.39, 0.29) is 12.4 Å². The smallest absolute Gasteiger partial charge is 0.338 e. The summed E-state index contributed by atoms with van der Waals surface area (Å²) in [6.45, 7) is 0.726. The average Bonchev–Trinajstić information content (AvgIpc) is 3.22. The summed E-state index contributed by atoms with van der Waals surface area (Å²) >= 11 is 0. The molecule has 0 bridgehead atoms. The van der Waals surface area contributed by atoms with Crippen LogP contribution in [0.15, 0.2) is 12.1 Å². The van der Waals surface area contributed by atoms with Gasteiger partial charge in [-0.05, 0) is 19.9 Å². The van der Waals surface area contributed by atoms with E-state index in [9.17, 15) is 19.3 Å². The molecule has 1 N–H and O–H groups in total. The van der Waals surface area contributed by atoms with Crippen molar-refractivity contribution in [2.45, 2.75) is 18.9 Å². The third-order valence-electron chi connectivity index (χ3n) is 3.35. The number of aromatic carboxylic acids is 1. The van der Waals surface area contributed by atoms with E-state index in [2.05, 4.69) is 4.90 Å². The van der Waals surface area contributed by atoms with Crippen molar-refractivity contribution in [3.63, 3.8) is 0 Å². The molecule has 7 nitrogen and oxygen atoms in total. The number of nitro groups is 1. The number of carbonyl (C=O) groups is 1. The van der Waals surface area contributed by atoms with E-state index in [1.807, 2.05) is 7.05 Å². The minimum Gasteiger partial charge on any atom is -0.485 e. The number of carboxylic acid groups (broad SMARTS) is 1. The minimum atomic E-state index is -1.56. The Morgan fingerprint density at radius 2 is 2.24 bits per heavy atom. The molecule has 8 heteroatoms. The Labute approximate surface area is 120 Å². The van der Waals surface area contributed by atoms with Crippen molar-refractivity contribution in [1.29, 1.82) is 0 Å². The van der Waals surface area contributed by atoms with Gasteiger partial charge in [0.05, 0.1) is 4.92 Å². The first kappa shape index (κ1) is 15.2. The minimum absolute atomic E-state index is 0.166. The number of hydrogen-bond acceptors (Lipinski definition) is 5. The van der Waals surface area contributed by atoms with Gasteiger partial charge >= 0.3 is 11.7 Å². The van der Waals surface area contributed by atoms with Crippen LogP contribution in [0.3, 0.4) is 0 Å². The van der Waals surface area contributed by atoms with Gasteiger partial charge in [-0.25, -0.2) is 9.18 Å². The molecule has 1 fully saturated rings. The summed E-state index contributed by atoms with van der Waals surface area (Å²) in [5.74, 6) is -2.87. The van der Waals surface area contributed by atoms with Crippen LogP contribution in [0.2, 0.25) is 0 Å². The Bertz CT molecular complexity index is 574. The standard InChI is InChI=1S/C13H15FN2O5/c1-15(8-2-3-8)4-5-21-12-7-10(14)9(13(17)18)6-11(12)16(19)20/h6-8H,2-5H2,1H3,(H,17,18). The Morgan fingerprint density at radius 3 is 2.76 bits per heavy atom. The second-order valence-electron chi connectivity index (χ2n) is 4.92. The molecular formula is C13H15FN2O5. The normalized spacial score (nSPS) is 14.2. The number of nitro benzene ring substituents is 1. The van der Waals surface area contributed by atoms with Crippen LogP contribution < -0.4 is 4.74 Å². The van der Waals surface area contributed by atoms with E-state index in [0.717, 1.165) is 18.9 Å². The summed E-state index contributed by atoms with van der Waals surface area (Å²) in [5.41, 5.74) is -1.30. The number of benzene rings is 1. The Morgan fingerprint density at radius 1 is 1.57 bits per heavy atom. The van der Waals surface area contributed by atoms with Crippen LogP contribution in [0.25, 0.3) is 0 Å². The van der Waals surface area contributed by atoms with Crippen LogP contribution in [0.5, 0.6) is 5.75 Å². The molecule has 2 rings (SSSR count). The molecular weight excluding hydrogens is 283 g/mol. The fourth-order valence-electron chi connectivity index (χ4n) is 1.96. The Hall–Kier alpha value is -2.22. The monoisotopic (exact) mass is 298 g/mol. The third kappa shape index (κ3) is 3.66. The first-order chi connectivity index (χ1) is 9.90. The lowest BCUT2D eigenvalue weighted by Crippen LogP contribution is -2.26. The summed E-state index contributed by atoms with van der Waals surface area (Å²) in [6, 6.07) is 1.95. The first-order valence-electron chi connectivity index (χ1n) is 6.44. The van der Waals surface area contributed by atoms with E-state index in [1.165, 1.54) is 0 Å². The number of carboxylic acids is 1. The Balaban J connectivity index is 2.11. The van der Waals surface area contributed by atoms with Crippen molar-refractivity contribution in [3.05, 3.63) is 33.6 Å². The molecule has 114 valence electrons. The number of rotatable bonds is 7. The maximum Gasteiger partial charge on any atom is 0.338 e. The van der Waals surface area contributed by atoms with Crippen LogP contribution >= 0.6 is 0 Å². The van der Waals surface area contributed by atoms with Crippen LogP contribution in [0.1, 0.15) is 23.2 Å². The zero-order valence-corrected chi connectivity index (χ0v) is 11.4. The van der Waals surface area contributed by atoms with Crippen LogP contribution in [0.4, 0.5) is 10.1 Å². The lowest BCUT2D eigenvalue weighted by molar-refractivity contribution is -0.386. The van der Waals surface area contributed by atoms with Crippen molar-refractivity contribution in [3.8, 4) is 5.75 Å². The number of likely N-dealkylation sites (N-methyl/N-ethyl adjacent to an activating group) is 1. The highest BCUT2D eigenvalue weighted by Crippen LogP contribution is 2.30. The van der Waals surface area contributed by atoms with Crippen LogP contribution in [-0.4, -0.2) is 47.1 Å². The van der Waals surface area contributed by atoms with Gasteiger partial charge in [-0.2, -0.15) is 0 Å². The second kappa shape index (κ2) is 6.04.